The van der Waals surface area contributed by atoms with Crippen LogP contribution < -0.4 is 0 Å². The van der Waals surface area contributed by atoms with Crippen LogP contribution in [0.4, 0.5) is 13.2 Å². The average Bonchev–Trinajstić information content (AvgIpc) is 1.88. The molecule has 1 aromatic rings. The van der Waals surface area contributed by atoms with E-state index in [9.17, 15) is 13.2 Å². The number of aromatic nitrogens is 1. The zero-order chi connectivity index (χ0) is 7.61. The van der Waals surface area contributed by atoms with Crippen molar-refractivity contribution in [3.8, 4) is 0 Å². The van der Waals surface area contributed by atoms with E-state index in [4.69, 9.17) is 0 Å². The van der Waals surface area contributed by atoms with Crippen molar-refractivity contribution in [1.82, 2.24) is 4.98 Å². The first-order valence-corrected chi connectivity index (χ1v) is 2.59. The SMILES string of the molecule is FC(F)(F)c1ccccn1.[Ir]. The first-order valence-electron chi connectivity index (χ1n) is 2.59. The van der Waals surface area contributed by atoms with Crippen molar-refractivity contribution in [2.75, 3.05) is 0 Å². The maximum absolute atomic E-state index is 11.7. The van der Waals surface area contributed by atoms with E-state index in [1.807, 2.05) is 0 Å². The van der Waals surface area contributed by atoms with E-state index in [-0.39, 0.29) is 20.1 Å². The summed E-state index contributed by atoms with van der Waals surface area (Å²) in [5.74, 6) is 0. The fourth-order valence-electron chi connectivity index (χ4n) is 0.530. The second-order valence-electron chi connectivity index (χ2n) is 1.71. The maximum Gasteiger partial charge on any atom is 0.433 e. The first-order chi connectivity index (χ1) is 4.61. The molecule has 0 aliphatic carbocycles. The predicted octanol–water partition coefficient (Wildman–Crippen LogP) is 2.10. The summed E-state index contributed by atoms with van der Waals surface area (Å²) in [4.78, 5) is 3.12. The Bertz CT molecular complexity index is 209. The number of rotatable bonds is 0. The molecule has 0 aliphatic heterocycles. The predicted molar refractivity (Wildman–Crippen MR) is 29.2 cm³/mol. The molecule has 1 aromatic heterocycles. The van der Waals surface area contributed by atoms with Gasteiger partial charge in [-0.25, -0.2) is 0 Å². The zero-order valence-corrected chi connectivity index (χ0v) is 7.62. The molecule has 0 spiro atoms. The summed E-state index contributed by atoms with van der Waals surface area (Å²) in [6, 6.07) is 3.67. The van der Waals surface area contributed by atoms with Gasteiger partial charge < -0.3 is 0 Å². The van der Waals surface area contributed by atoms with Gasteiger partial charge in [0, 0.05) is 26.3 Å². The topological polar surface area (TPSA) is 12.9 Å². The molecule has 0 unspecified atom stereocenters. The molecule has 0 saturated carbocycles. The molecule has 0 N–H and O–H groups in total. The molecule has 1 radical (unpaired) electrons. The molecule has 0 fully saturated rings. The summed E-state index contributed by atoms with van der Waals surface area (Å²) in [5.41, 5.74) is -0.852. The van der Waals surface area contributed by atoms with Gasteiger partial charge in [0.15, 0.2) is 0 Å². The van der Waals surface area contributed by atoms with Gasteiger partial charge in [-0.1, -0.05) is 6.07 Å². The molecule has 0 bridgehead atoms. The molecule has 0 aliphatic rings. The first kappa shape index (κ1) is 10.6. The van der Waals surface area contributed by atoms with Crippen molar-refractivity contribution in [2.24, 2.45) is 0 Å². The fourth-order valence-corrected chi connectivity index (χ4v) is 0.530. The second kappa shape index (κ2) is 3.83. The Morgan fingerprint density at radius 1 is 1.18 bits per heavy atom. The Kier molecular flexibility index (Phi) is 3.69. The van der Waals surface area contributed by atoms with Crippen molar-refractivity contribution in [1.29, 1.82) is 0 Å². The summed E-state index contributed by atoms with van der Waals surface area (Å²) in [7, 11) is 0. The summed E-state index contributed by atoms with van der Waals surface area (Å²) >= 11 is 0. The monoisotopic (exact) mass is 340 g/mol. The number of pyridine rings is 1. The quantitative estimate of drug-likeness (QED) is 0.705. The molecule has 0 aromatic carbocycles. The summed E-state index contributed by atoms with van der Waals surface area (Å²) < 4.78 is 35.2. The largest absolute Gasteiger partial charge is 0.433 e. The molecular weight excluding hydrogens is 335 g/mol. The number of alkyl halides is 3. The van der Waals surface area contributed by atoms with Crippen LogP contribution in [0, 0.1) is 0 Å². The minimum absolute atomic E-state index is 0. The van der Waals surface area contributed by atoms with Crippen molar-refractivity contribution >= 4 is 0 Å². The van der Waals surface area contributed by atoms with E-state index in [1.165, 1.54) is 12.1 Å². The Balaban J connectivity index is 0.000001000. The van der Waals surface area contributed by atoms with Gasteiger partial charge in [0.25, 0.3) is 0 Å². The van der Waals surface area contributed by atoms with E-state index >= 15 is 0 Å². The van der Waals surface area contributed by atoms with Gasteiger partial charge in [-0.15, -0.1) is 0 Å². The Labute approximate surface area is 75.0 Å². The molecule has 1 rings (SSSR count). The standard InChI is InChI=1S/C6H4F3N.Ir/c7-6(8,9)5-3-1-2-4-10-5;/h1-4H;. The minimum atomic E-state index is -4.32. The van der Waals surface area contributed by atoms with E-state index < -0.39 is 11.9 Å². The van der Waals surface area contributed by atoms with Crippen LogP contribution in [0.1, 0.15) is 5.69 Å². The van der Waals surface area contributed by atoms with Crippen LogP contribution in [0.5, 0.6) is 0 Å². The smallest absolute Gasteiger partial charge is 0.252 e. The van der Waals surface area contributed by atoms with Crippen LogP contribution in [0.25, 0.3) is 0 Å². The third kappa shape index (κ3) is 2.99. The van der Waals surface area contributed by atoms with Crippen LogP contribution in [0.2, 0.25) is 0 Å². The molecule has 0 amide bonds. The Morgan fingerprint density at radius 2 is 1.82 bits per heavy atom. The van der Waals surface area contributed by atoms with Crippen LogP contribution in [-0.4, -0.2) is 4.98 Å². The third-order valence-corrected chi connectivity index (χ3v) is 0.955. The average molecular weight is 339 g/mol. The normalized spacial score (nSPS) is 10.5. The third-order valence-electron chi connectivity index (χ3n) is 0.955. The molecule has 11 heavy (non-hydrogen) atoms. The summed E-state index contributed by atoms with van der Waals surface area (Å²) in [6.45, 7) is 0. The van der Waals surface area contributed by atoms with Crippen LogP contribution in [-0.2, 0) is 26.3 Å². The van der Waals surface area contributed by atoms with Crippen molar-refractivity contribution in [3.05, 3.63) is 30.1 Å². The van der Waals surface area contributed by atoms with Gasteiger partial charge in [0.2, 0.25) is 0 Å². The van der Waals surface area contributed by atoms with E-state index in [1.54, 1.807) is 0 Å². The molecule has 1 heterocycles. The fraction of sp³-hybridized carbons (Fsp3) is 0.167. The van der Waals surface area contributed by atoms with Gasteiger partial charge in [-0.3, -0.25) is 4.98 Å². The molecule has 5 heteroatoms. The number of nitrogens with zero attached hydrogens (tertiary/aromatic N) is 1. The number of halogens is 3. The molecule has 0 saturated heterocycles. The minimum Gasteiger partial charge on any atom is -0.252 e. The molecule has 1 nitrogen and oxygen atoms in total. The number of hydrogen-bond acceptors (Lipinski definition) is 1. The van der Waals surface area contributed by atoms with Crippen molar-refractivity contribution < 1.29 is 33.3 Å². The van der Waals surface area contributed by atoms with Crippen LogP contribution in [0.15, 0.2) is 24.4 Å². The Hall–Kier alpha value is -0.411. The summed E-state index contributed by atoms with van der Waals surface area (Å²) in [5, 5.41) is 0. The van der Waals surface area contributed by atoms with Crippen LogP contribution >= 0.6 is 0 Å². The molecule has 0 atom stereocenters. The van der Waals surface area contributed by atoms with Crippen molar-refractivity contribution in [2.45, 2.75) is 6.18 Å². The van der Waals surface area contributed by atoms with Gasteiger partial charge in [-0.05, 0) is 12.1 Å². The van der Waals surface area contributed by atoms with Gasteiger partial charge in [-0.2, -0.15) is 13.2 Å². The molecular formula is C6H4F3IrN. The van der Waals surface area contributed by atoms with E-state index in [0.717, 1.165) is 12.3 Å². The number of hydrogen-bond donors (Lipinski definition) is 0. The molecule has 63 valence electrons. The maximum atomic E-state index is 11.7. The second-order valence-corrected chi connectivity index (χ2v) is 1.71. The van der Waals surface area contributed by atoms with E-state index in [0.29, 0.717) is 0 Å². The summed E-state index contributed by atoms with van der Waals surface area (Å²) in [6.07, 6.45) is -3.20. The Morgan fingerprint density at radius 3 is 2.09 bits per heavy atom. The zero-order valence-electron chi connectivity index (χ0n) is 5.22. The van der Waals surface area contributed by atoms with Crippen molar-refractivity contribution in [3.63, 3.8) is 0 Å². The van der Waals surface area contributed by atoms with Gasteiger partial charge in [0.05, 0.1) is 0 Å². The van der Waals surface area contributed by atoms with Gasteiger partial charge >= 0.3 is 6.18 Å². The van der Waals surface area contributed by atoms with Gasteiger partial charge in [0.1, 0.15) is 5.69 Å². The van der Waals surface area contributed by atoms with Crippen LogP contribution in [0.3, 0.4) is 0 Å². The van der Waals surface area contributed by atoms with E-state index in [2.05, 4.69) is 4.98 Å².